The van der Waals surface area contributed by atoms with E-state index in [1.807, 2.05) is 0 Å². The van der Waals surface area contributed by atoms with Gasteiger partial charge < -0.3 is 10.6 Å². The first-order valence-electron chi connectivity index (χ1n) is 5.25. The van der Waals surface area contributed by atoms with E-state index in [4.69, 9.17) is 0 Å². The Labute approximate surface area is 77.1 Å². The maximum Gasteiger partial charge on any atom is 0.00508 e. The van der Waals surface area contributed by atoms with E-state index in [0.717, 1.165) is 19.6 Å². The van der Waals surface area contributed by atoms with Gasteiger partial charge in [-0.15, -0.1) is 0 Å². The van der Waals surface area contributed by atoms with Crippen molar-refractivity contribution in [2.75, 3.05) is 19.6 Å². The summed E-state index contributed by atoms with van der Waals surface area (Å²) >= 11 is 0. The van der Waals surface area contributed by atoms with E-state index in [-0.39, 0.29) is 0 Å². The molecule has 0 aromatic rings. The number of rotatable bonds is 8. The van der Waals surface area contributed by atoms with Crippen molar-refractivity contribution in [2.24, 2.45) is 0 Å². The molecule has 12 heavy (non-hydrogen) atoms. The molecular weight excluding hydrogens is 148 g/mol. The summed E-state index contributed by atoms with van der Waals surface area (Å²) < 4.78 is 0. The molecule has 0 fully saturated rings. The fraction of sp³-hybridized carbons (Fsp3) is 1.00. The molecule has 74 valence electrons. The normalized spacial score (nSPS) is 13.2. The van der Waals surface area contributed by atoms with Gasteiger partial charge in [0.2, 0.25) is 0 Å². The molecule has 0 aromatic heterocycles. The lowest BCUT2D eigenvalue weighted by Gasteiger charge is -2.12. The number of nitrogens with one attached hydrogen (secondary N) is 2. The van der Waals surface area contributed by atoms with Gasteiger partial charge in [-0.3, -0.25) is 0 Å². The predicted octanol–water partition coefficient (Wildman–Crippen LogP) is 1.76. The van der Waals surface area contributed by atoms with Crippen molar-refractivity contribution >= 4 is 0 Å². The Balaban J connectivity index is 3.02. The SMILES string of the molecule is CCCNCCC(C)NCCC. The zero-order valence-corrected chi connectivity index (χ0v) is 8.82. The Morgan fingerprint density at radius 1 is 1.00 bits per heavy atom. The maximum atomic E-state index is 3.47. The highest BCUT2D eigenvalue weighted by Crippen LogP contribution is 1.88. The van der Waals surface area contributed by atoms with Crippen molar-refractivity contribution in [3.63, 3.8) is 0 Å². The molecule has 1 atom stereocenters. The fourth-order valence-electron chi connectivity index (χ4n) is 1.11. The van der Waals surface area contributed by atoms with Gasteiger partial charge in [-0.25, -0.2) is 0 Å². The predicted molar refractivity (Wildman–Crippen MR) is 55.5 cm³/mol. The number of hydrogen-bond acceptors (Lipinski definition) is 2. The van der Waals surface area contributed by atoms with E-state index in [2.05, 4.69) is 31.4 Å². The minimum atomic E-state index is 0.661. The third-order valence-electron chi connectivity index (χ3n) is 1.92. The second-order valence-corrected chi connectivity index (χ2v) is 3.39. The van der Waals surface area contributed by atoms with Gasteiger partial charge in [0, 0.05) is 6.04 Å². The van der Waals surface area contributed by atoms with E-state index >= 15 is 0 Å². The Kier molecular flexibility index (Phi) is 8.95. The summed E-state index contributed by atoms with van der Waals surface area (Å²) in [5.74, 6) is 0. The third-order valence-corrected chi connectivity index (χ3v) is 1.92. The minimum absolute atomic E-state index is 0.661. The van der Waals surface area contributed by atoms with Gasteiger partial charge in [-0.1, -0.05) is 13.8 Å². The first kappa shape index (κ1) is 11.9. The quantitative estimate of drug-likeness (QED) is 0.545. The Morgan fingerprint density at radius 3 is 2.25 bits per heavy atom. The molecule has 0 aromatic carbocycles. The van der Waals surface area contributed by atoms with Crippen molar-refractivity contribution in [2.45, 2.75) is 46.1 Å². The zero-order valence-electron chi connectivity index (χ0n) is 8.82. The molecule has 0 saturated heterocycles. The smallest absolute Gasteiger partial charge is 0.00508 e. The van der Waals surface area contributed by atoms with E-state index in [1.54, 1.807) is 0 Å². The highest BCUT2D eigenvalue weighted by molar-refractivity contribution is 4.61. The standard InChI is InChI=1S/C10H24N2/c1-4-7-11-9-6-10(3)12-8-5-2/h10-12H,4-9H2,1-3H3. The largest absolute Gasteiger partial charge is 0.317 e. The topological polar surface area (TPSA) is 24.1 Å². The summed E-state index contributed by atoms with van der Waals surface area (Å²) in [5.41, 5.74) is 0. The van der Waals surface area contributed by atoms with Gasteiger partial charge in [0.1, 0.15) is 0 Å². The van der Waals surface area contributed by atoms with Crippen LogP contribution in [-0.4, -0.2) is 25.7 Å². The van der Waals surface area contributed by atoms with Crippen LogP contribution in [0, 0.1) is 0 Å². The molecule has 1 unspecified atom stereocenters. The highest BCUT2D eigenvalue weighted by atomic mass is 14.9. The van der Waals surface area contributed by atoms with Crippen molar-refractivity contribution in [3.8, 4) is 0 Å². The van der Waals surface area contributed by atoms with Crippen LogP contribution < -0.4 is 10.6 Å². The summed E-state index contributed by atoms with van der Waals surface area (Å²) in [6, 6.07) is 0.661. The lowest BCUT2D eigenvalue weighted by molar-refractivity contribution is 0.492. The van der Waals surface area contributed by atoms with E-state index in [0.29, 0.717) is 6.04 Å². The van der Waals surface area contributed by atoms with Crippen molar-refractivity contribution in [1.29, 1.82) is 0 Å². The first-order valence-corrected chi connectivity index (χ1v) is 5.25. The Morgan fingerprint density at radius 2 is 1.67 bits per heavy atom. The summed E-state index contributed by atoms with van der Waals surface area (Å²) in [6.45, 7) is 10.1. The molecule has 2 nitrogen and oxygen atoms in total. The summed E-state index contributed by atoms with van der Waals surface area (Å²) in [5, 5.41) is 6.87. The molecule has 0 saturated carbocycles. The minimum Gasteiger partial charge on any atom is -0.317 e. The van der Waals surface area contributed by atoms with Crippen LogP contribution >= 0.6 is 0 Å². The van der Waals surface area contributed by atoms with Crippen LogP contribution in [0.5, 0.6) is 0 Å². The monoisotopic (exact) mass is 172 g/mol. The lowest BCUT2D eigenvalue weighted by atomic mass is 10.2. The van der Waals surface area contributed by atoms with Crippen molar-refractivity contribution in [1.82, 2.24) is 10.6 Å². The van der Waals surface area contributed by atoms with Gasteiger partial charge in [-0.2, -0.15) is 0 Å². The van der Waals surface area contributed by atoms with Gasteiger partial charge in [0.15, 0.2) is 0 Å². The van der Waals surface area contributed by atoms with Gasteiger partial charge >= 0.3 is 0 Å². The molecule has 0 rings (SSSR count). The molecule has 0 aliphatic carbocycles. The maximum absolute atomic E-state index is 3.47. The number of hydrogen-bond donors (Lipinski definition) is 2. The molecule has 0 amide bonds. The zero-order chi connectivity index (χ0) is 9.23. The first-order chi connectivity index (χ1) is 5.81. The van der Waals surface area contributed by atoms with Crippen LogP contribution in [0.2, 0.25) is 0 Å². The second-order valence-electron chi connectivity index (χ2n) is 3.39. The van der Waals surface area contributed by atoms with Crippen LogP contribution in [0.3, 0.4) is 0 Å². The van der Waals surface area contributed by atoms with E-state index < -0.39 is 0 Å². The Hall–Kier alpha value is -0.0800. The summed E-state index contributed by atoms with van der Waals surface area (Å²) in [7, 11) is 0. The van der Waals surface area contributed by atoms with Crippen LogP contribution in [0.25, 0.3) is 0 Å². The van der Waals surface area contributed by atoms with Crippen LogP contribution in [0.1, 0.15) is 40.0 Å². The molecule has 0 aliphatic heterocycles. The Bertz CT molecular complexity index is 83.9. The fourth-order valence-corrected chi connectivity index (χ4v) is 1.11. The average molecular weight is 172 g/mol. The lowest BCUT2D eigenvalue weighted by Crippen LogP contribution is -2.30. The van der Waals surface area contributed by atoms with Crippen LogP contribution in [0.4, 0.5) is 0 Å². The second kappa shape index (κ2) is 9.01. The average Bonchev–Trinajstić information content (AvgIpc) is 2.09. The molecular formula is C10H24N2. The van der Waals surface area contributed by atoms with E-state index in [1.165, 1.54) is 19.3 Å². The summed E-state index contributed by atoms with van der Waals surface area (Å²) in [6.07, 6.45) is 3.70. The molecule has 0 heterocycles. The molecule has 0 radical (unpaired) electrons. The molecule has 0 spiro atoms. The third kappa shape index (κ3) is 8.02. The molecule has 2 N–H and O–H groups in total. The van der Waals surface area contributed by atoms with E-state index in [9.17, 15) is 0 Å². The molecule has 2 heteroatoms. The van der Waals surface area contributed by atoms with Gasteiger partial charge in [-0.05, 0) is 45.8 Å². The van der Waals surface area contributed by atoms with Gasteiger partial charge in [0.05, 0.1) is 0 Å². The molecule has 0 bridgehead atoms. The summed E-state index contributed by atoms with van der Waals surface area (Å²) in [4.78, 5) is 0. The van der Waals surface area contributed by atoms with Crippen molar-refractivity contribution < 1.29 is 0 Å². The van der Waals surface area contributed by atoms with Gasteiger partial charge in [0.25, 0.3) is 0 Å². The molecule has 0 aliphatic rings. The van der Waals surface area contributed by atoms with Crippen LogP contribution in [-0.2, 0) is 0 Å². The van der Waals surface area contributed by atoms with Crippen molar-refractivity contribution in [3.05, 3.63) is 0 Å². The van der Waals surface area contributed by atoms with Crippen LogP contribution in [0.15, 0.2) is 0 Å². The highest BCUT2D eigenvalue weighted by Gasteiger charge is 1.97.